The minimum atomic E-state index is -3.21. The van der Waals surface area contributed by atoms with E-state index in [1.807, 2.05) is 25.3 Å². The highest BCUT2D eigenvalue weighted by atomic mass is 127. The van der Waals surface area contributed by atoms with Crippen LogP contribution in [0.1, 0.15) is 22.4 Å². The fraction of sp³-hybridized carbons (Fsp3) is 0.368. The number of aromatic nitrogens is 1. The highest BCUT2D eigenvalue weighted by Crippen LogP contribution is 2.14. The summed E-state index contributed by atoms with van der Waals surface area (Å²) >= 11 is 0. The summed E-state index contributed by atoms with van der Waals surface area (Å²) in [6.07, 6.45) is 3.79. The van der Waals surface area contributed by atoms with Gasteiger partial charge in [-0.05, 0) is 48.2 Å². The van der Waals surface area contributed by atoms with Crippen LogP contribution in [0.4, 0.5) is 4.39 Å². The normalized spacial score (nSPS) is 11.6. The zero-order valence-corrected chi connectivity index (χ0v) is 19.3. The topological polar surface area (TPSA) is 83.4 Å². The molecule has 1 aromatic carbocycles. The van der Waals surface area contributed by atoms with Crippen molar-refractivity contribution in [2.45, 2.75) is 25.6 Å². The number of aliphatic imine (C=N–C) groups is 1. The van der Waals surface area contributed by atoms with Gasteiger partial charge in [0.25, 0.3) is 0 Å². The zero-order valence-electron chi connectivity index (χ0n) is 16.2. The zero-order chi connectivity index (χ0) is 19.9. The second kappa shape index (κ2) is 11.3. The number of hydrogen-bond acceptors (Lipinski definition) is 4. The molecule has 0 fully saturated rings. The van der Waals surface area contributed by atoms with Crippen LogP contribution in [0.15, 0.2) is 41.5 Å². The maximum absolute atomic E-state index is 13.6. The molecule has 2 aromatic rings. The minimum Gasteiger partial charge on any atom is -0.356 e. The molecular formula is C19H26FIN4O2S. The lowest BCUT2D eigenvalue weighted by Gasteiger charge is -2.14. The Morgan fingerprint density at radius 1 is 1.18 bits per heavy atom. The molecule has 0 saturated heterocycles. The molecule has 6 nitrogen and oxygen atoms in total. The third-order valence-corrected chi connectivity index (χ3v) is 4.77. The standard InChI is InChI=1S/C19H25FN4O2S.HI/c1-14-4-5-15(11-23-14)8-9-22-19(21-2)24-12-17-10-18(20)7-6-16(17)13-27(3,25)26;/h4-7,10-11H,8-9,12-13H2,1-3H3,(H2,21,22,24);1H. The summed E-state index contributed by atoms with van der Waals surface area (Å²) in [7, 11) is -1.56. The van der Waals surface area contributed by atoms with Crippen molar-refractivity contribution in [3.05, 3.63) is 64.7 Å². The number of aryl methyl sites for hydroxylation is 1. The number of halogens is 2. The second-order valence-electron chi connectivity index (χ2n) is 6.39. The average Bonchev–Trinajstić information content (AvgIpc) is 2.60. The summed E-state index contributed by atoms with van der Waals surface area (Å²) in [5.74, 6) is 0.0278. The fourth-order valence-corrected chi connectivity index (χ4v) is 3.40. The Bertz CT molecular complexity index is 903. The molecule has 2 rings (SSSR count). The SMILES string of the molecule is CN=C(NCCc1ccc(C)nc1)NCc1cc(F)ccc1CS(C)(=O)=O.I. The Morgan fingerprint density at radius 3 is 2.54 bits per heavy atom. The van der Waals surface area contributed by atoms with Crippen LogP contribution in [0.2, 0.25) is 0 Å². The number of pyridine rings is 1. The number of nitrogens with zero attached hydrogens (tertiary/aromatic N) is 2. The molecule has 1 heterocycles. The first kappa shape index (κ1) is 24.3. The lowest BCUT2D eigenvalue weighted by atomic mass is 10.1. The number of hydrogen-bond donors (Lipinski definition) is 2. The van der Waals surface area contributed by atoms with Gasteiger partial charge in [0, 0.05) is 38.3 Å². The van der Waals surface area contributed by atoms with E-state index in [0.717, 1.165) is 23.9 Å². The van der Waals surface area contributed by atoms with E-state index in [2.05, 4.69) is 20.6 Å². The summed E-state index contributed by atoms with van der Waals surface area (Å²) in [4.78, 5) is 8.40. The van der Waals surface area contributed by atoms with E-state index >= 15 is 0 Å². The molecule has 154 valence electrons. The van der Waals surface area contributed by atoms with E-state index in [1.54, 1.807) is 7.05 Å². The van der Waals surface area contributed by atoms with Crippen molar-refractivity contribution in [3.8, 4) is 0 Å². The third kappa shape index (κ3) is 8.51. The molecule has 0 bridgehead atoms. The monoisotopic (exact) mass is 520 g/mol. The van der Waals surface area contributed by atoms with Crippen molar-refractivity contribution in [3.63, 3.8) is 0 Å². The van der Waals surface area contributed by atoms with Gasteiger partial charge in [0.15, 0.2) is 15.8 Å². The van der Waals surface area contributed by atoms with Crippen LogP contribution < -0.4 is 10.6 Å². The summed E-state index contributed by atoms with van der Waals surface area (Å²) in [6, 6.07) is 8.12. The molecule has 0 unspecified atom stereocenters. The number of guanidine groups is 1. The lowest BCUT2D eigenvalue weighted by Crippen LogP contribution is -2.38. The minimum absolute atomic E-state index is 0. The van der Waals surface area contributed by atoms with Crippen molar-refractivity contribution in [2.75, 3.05) is 19.8 Å². The van der Waals surface area contributed by atoms with Gasteiger partial charge in [-0.15, -0.1) is 24.0 Å². The largest absolute Gasteiger partial charge is 0.356 e. The van der Waals surface area contributed by atoms with Gasteiger partial charge in [-0.25, -0.2) is 12.8 Å². The van der Waals surface area contributed by atoms with Crippen molar-refractivity contribution >= 4 is 39.8 Å². The molecule has 9 heteroatoms. The second-order valence-corrected chi connectivity index (χ2v) is 8.53. The van der Waals surface area contributed by atoms with Gasteiger partial charge in [0.2, 0.25) is 0 Å². The quantitative estimate of drug-likeness (QED) is 0.333. The predicted octanol–water partition coefficient (Wildman–Crippen LogP) is 2.60. The molecule has 2 N–H and O–H groups in total. The van der Waals surface area contributed by atoms with Crippen LogP contribution in [0.5, 0.6) is 0 Å². The van der Waals surface area contributed by atoms with Gasteiger partial charge in [-0.2, -0.15) is 0 Å². The van der Waals surface area contributed by atoms with Crippen molar-refractivity contribution < 1.29 is 12.8 Å². The molecular weight excluding hydrogens is 494 g/mol. The Kier molecular flexibility index (Phi) is 9.80. The smallest absolute Gasteiger partial charge is 0.191 e. The summed E-state index contributed by atoms with van der Waals surface area (Å²) in [5.41, 5.74) is 3.26. The number of benzene rings is 1. The molecule has 0 saturated carbocycles. The van der Waals surface area contributed by atoms with E-state index in [0.29, 0.717) is 23.6 Å². The fourth-order valence-electron chi connectivity index (χ4n) is 2.55. The van der Waals surface area contributed by atoms with Gasteiger partial charge < -0.3 is 10.6 Å². The summed E-state index contributed by atoms with van der Waals surface area (Å²) in [5, 5.41) is 6.28. The molecule has 28 heavy (non-hydrogen) atoms. The van der Waals surface area contributed by atoms with E-state index in [4.69, 9.17) is 0 Å². The van der Waals surface area contributed by atoms with E-state index in [-0.39, 0.29) is 36.3 Å². The highest BCUT2D eigenvalue weighted by Gasteiger charge is 2.11. The predicted molar refractivity (Wildman–Crippen MR) is 121 cm³/mol. The van der Waals surface area contributed by atoms with Gasteiger partial charge in [-0.1, -0.05) is 12.1 Å². The maximum atomic E-state index is 13.6. The highest BCUT2D eigenvalue weighted by molar-refractivity contribution is 14.0. The first-order valence-corrected chi connectivity index (χ1v) is 10.6. The first-order valence-electron chi connectivity index (χ1n) is 8.58. The van der Waals surface area contributed by atoms with Crippen LogP contribution in [-0.4, -0.2) is 39.2 Å². The van der Waals surface area contributed by atoms with E-state index in [1.165, 1.54) is 18.2 Å². The van der Waals surface area contributed by atoms with Gasteiger partial charge >= 0.3 is 0 Å². The Balaban J connectivity index is 0.00000392. The maximum Gasteiger partial charge on any atom is 0.191 e. The first-order chi connectivity index (χ1) is 12.8. The van der Waals surface area contributed by atoms with Crippen LogP contribution in [0.25, 0.3) is 0 Å². The van der Waals surface area contributed by atoms with E-state index in [9.17, 15) is 12.8 Å². The van der Waals surface area contributed by atoms with Crippen LogP contribution in [0.3, 0.4) is 0 Å². The number of sulfone groups is 1. The molecule has 0 spiro atoms. The molecule has 0 aliphatic heterocycles. The van der Waals surface area contributed by atoms with Crippen molar-refractivity contribution in [2.24, 2.45) is 4.99 Å². The molecule has 0 aliphatic carbocycles. The third-order valence-electron chi connectivity index (χ3n) is 3.93. The number of nitrogens with one attached hydrogen (secondary N) is 2. The Hall–Kier alpha value is -1.75. The van der Waals surface area contributed by atoms with E-state index < -0.39 is 15.7 Å². The molecule has 1 aromatic heterocycles. The molecule has 0 radical (unpaired) electrons. The van der Waals surface area contributed by atoms with Crippen molar-refractivity contribution in [1.29, 1.82) is 0 Å². The molecule has 0 atom stereocenters. The Labute approximate surface area is 183 Å². The summed E-state index contributed by atoms with van der Waals surface area (Å²) in [6.45, 7) is 2.87. The number of rotatable bonds is 7. The average molecular weight is 520 g/mol. The molecule has 0 aliphatic rings. The lowest BCUT2D eigenvalue weighted by molar-refractivity contribution is 0.599. The van der Waals surface area contributed by atoms with Gasteiger partial charge in [-0.3, -0.25) is 9.98 Å². The van der Waals surface area contributed by atoms with Crippen molar-refractivity contribution in [1.82, 2.24) is 15.6 Å². The Morgan fingerprint density at radius 2 is 1.93 bits per heavy atom. The van der Waals surface area contributed by atoms with Crippen LogP contribution >= 0.6 is 24.0 Å². The van der Waals surface area contributed by atoms with Crippen LogP contribution in [-0.2, 0) is 28.6 Å². The van der Waals surface area contributed by atoms with Crippen LogP contribution in [0, 0.1) is 12.7 Å². The molecule has 0 amide bonds. The van der Waals surface area contributed by atoms with Gasteiger partial charge in [0.1, 0.15) is 5.82 Å². The van der Waals surface area contributed by atoms with Gasteiger partial charge in [0.05, 0.1) is 5.75 Å². The summed E-state index contributed by atoms with van der Waals surface area (Å²) < 4.78 is 36.7.